The molecule has 0 spiro atoms. The molecule has 0 saturated heterocycles. The SMILES string of the molecule is CCn1c(SCC(=O)NCc2ccc(F)cc2F)nc2ccsc2c1=O. The van der Waals surface area contributed by atoms with Crippen molar-refractivity contribution in [2.45, 2.75) is 25.2 Å². The molecule has 1 N–H and O–H groups in total. The molecule has 0 aliphatic carbocycles. The van der Waals surface area contributed by atoms with Gasteiger partial charge in [-0.25, -0.2) is 13.8 Å². The second kappa shape index (κ2) is 7.96. The lowest BCUT2D eigenvalue weighted by atomic mass is 10.2. The van der Waals surface area contributed by atoms with E-state index in [1.807, 2.05) is 6.92 Å². The highest BCUT2D eigenvalue weighted by molar-refractivity contribution is 7.99. The Kier molecular flexibility index (Phi) is 5.67. The Bertz CT molecular complexity index is 1020. The van der Waals surface area contributed by atoms with Crippen LogP contribution in [0.2, 0.25) is 0 Å². The summed E-state index contributed by atoms with van der Waals surface area (Å²) in [6.07, 6.45) is 0. The molecule has 2 aromatic heterocycles. The molecule has 0 fully saturated rings. The van der Waals surface area contributed by atoms with E-state index in [2.05, 4.69) is 10.3 Å². The number of halogens is 2. The molecule has 9 heteroatoms. The quantitative estimate of drug-likeness (QED) is 0.514. The van der Waals surface area contributed by atoms with Crippen LogP contribution in [-0.4, -0.2) is 21.2 Å². The molecule has 0 atom stereocenters. The van der Waals surface area contributed by atoms with Crippen LogP contribution in [0.3, 0.4) is 0 Å². The van der Waals surface area contributed by atoms with Gasteiger partial charge in [0.25, 0.3) is 5.56 Å². The predicted octanol–water partition coefficient (Wildman–Crippen LogP) is 3.16. The molecule has 0 bridgehead atoms. The van der Waals surface area contributed by atoms with Crippen LogP contribution in [0.25, 0.3) is 10.2 Å². The van der Waals surface area contributed by atoms with Gasteiger partial charge in [-0.1, -0.05) is 17.8 Å². The number of carbonyl (C=O) groups is 1. The van der Waals surface area contributed by atoms with Gasteiger partial charge in [-0.3, -0.25) is 14.2 Å². The van der Waals surface area contributed by atoms with E-state index in [9.17, 15) is 18.4 Å². The van der Waals surface area contributed by atoms with Crippen molar-refractivity contribution in [2.24, 2.45) is 0 Å². The third-order valence-electron chi connectivity index (χ3n) is 3.67. The van der Waals surface area contributed by atoms with Gasteiger partial charge in [-0.05, 0) is 24.4 Å². The lowest BCUT2D eigenvalue weighted by Crippen LogP contribution is -2.26. The summed E-state index contributed by atoms with van der Waals surface area (Å²) in [5.74, 6) is -1.67. The maximum absolute atomic E-state index is 13.6. The Labute approximate surface area is 156 Å². The molecule has 1 amide bonds. The number of fused-ring (bicyclic) bond motifs is 1. The van der Waals surface area contributed by atoms with Crippen LogP contribution in [0.1, 0.15) is 12.5 Å². The molecular formula is C17H15F2N3O2S2. The molecule has 1 aromatic carbocycles. The molecule has 3 aromatic rings. The van der Waals surface area contributed by atoms with Crippen LogP contribution in [-0.2, 0) is 17.9 Å². The summed E-state index contributed by atoms with van der Waals surface area (Å²) < 4.78 is 28.6. The number of thiophene rings is 1. The Hall–Kier alpha value is -2.26. The number of benzene rings is 1. The van der Waals surface area contributed by atoms with Gasteiger partial charge >= 0.3 is 0 Å². The third-order valence-corrected chi connectivity index (χ3v) is 5.54. The van der Waals surface area contributed by atoms with Gasteiger partial charge in [-0.15, -0.1) is 11.3 Å². The molecule has 26 heavy (non-hydrogen) atoms. The summed E-state index contributed by atoms with van der Waals surface area (Å²) in [7, 11) is 0. The van der Waals surface area contributed by atoms with Gasteiger partial charge in [0.1, 0.15) is 16.3 Å². The average molecular weight is 395 g/mol. The van der Waals surface area contributed by atoms with Crippen LogP contribution >= 0.6 is 23.1 Å². The number of amides is 1. The van der Waals surface area contributed by atoms with Crippen molar-refractivity contribution >= 4 is 39.2 Å². The second-order valence-electron chi connectivity index (χ2n) is 5.38. The van der Waals surface area contributed by atoms with Gasteiger partial charge in [0.15, 0.2) is 5.16 Å². The Morgan fingerprint density at radius 1 is 1.35 bits per heavy atom. The first-order valence-electron chi connectivity index (χ1n) is 7.81. The first-order valence-corrected chi connectivity index (χ1v) is 9.67. The summed E-state index contributed by atoms with van der Waals surface area (Å²) in [6.45, 7) is 2.25. The third kappa shape index (κ3) is 3.94. The molecule has 3 rings (SSSR count). The molecular weight excluding hydrogens is 380 g/mol. The zero-order chi connectivity index (χ0) is 18.7. The molecule has 136 valence electrons. The van der Waals surface area contributed by atoms with Crippen LogP contribution in [0.15, 0.2) is 39.6 Å². The lowest BCUT2D eigenvalue weighted by Gasteiger charge is -2.10. The van der Waals surface area contributed by atoms with E-state index in [0.29, 0.717) is 21.9 Å². The van der Waals surface area contributed by atoms with E-state index in [4.69, 9.17) is 0 Å². The number of thioether (sulfide) groups is 1. The number of nitrogens with zero attached hydrogens (tertiary/aromatic N) is 2. The van der Waals surface area contributed by atoms with Crippen LogP contribution < -0.4 is 10.9 Å². The summed E-state index contributed by atoms with van der Waals surface area (Å²) >= 11 is 2.48. The molecule has 2 heterocycles. The average Bonchev–Trinajstić information content (AvgIpc) is 3.08. The highest BCUT2D eigenvalue weighted by atomic mass is 32.2. The number of hydrogen-bond donors (Lipinski definition) is 1. The van der Waals surface area contributed by atoms with Gasteiger partial charge in [-0.2, -0.15) is 0 Å². The summed E-state index contributed by atoms with van der Waals surface area (Å²) in [4.78, 5) is 28.9. The Morgan fingerprint density at radius 3 is 2.88 bits per heavy atom. The van der Waals surface area contributed by atoms with Gasteiger partial charge in [0, 0.05) is 24.7 Å². The topological polar surface area (TPSA) is 64.0 Å². The molecule has 0 radical (unpaired) electrons. The zero-order valence-corrected chi connectivity index (χ0v) is 15.4. The van der Waals surface area contributed by atoms with Crippen LogP contribution in [0.4, 0.5) is 8.78 Å². The predicted molar refractivity (Wildman–Crippen MR) is 98.5 cm³/mol. The summed E-state index contributed by atoms with van der Waals surface area (Å²) in [5, 5.41) is 4.85. The monoisotopic (exact) mass is 395 g/mol. The van der Waals surface area contributed by atoms with E-state index in [-0.39, 0.29) is 29.3 Å². The highest BCUT2D eigenvalue weighted by Gasteiger charge is 2.13. The smallest absolute Gasteiger partial charge is 0.272 e. The minimum Gasteiger partial charge on any atom is -0.351 e. The van der Waals surface area contributed by atoms with E-state index < -0.39 is 11.6 Å². The fraction of sp³-hybridized carbons (Fsp3) is 0.235. The first-order chi connectivity index (χ1) is 12.5. The van der Waals surface area contributed by atoms with Crippen molar-refractivity contribution in [3.63, 3.8) is 0 Å². The summed E-state index contributed by atoms with van der Waals surface area (Å²) in [6, 6.07) is 4.97. The summed E-state index contributed by atoms with van der Waals surface area (Å²) in [5.41, 5.74) is 0.692. The Morgan fingerprint density at radius 2 is 2.15 bits per heavy atom. The van der Waals surface area contributed by atoms with Crippen LogP contribution in [0.5, 0.6) is 0 Å². The number of hydrogen-bond acceptors (Lipinski definition) is 5. The largest absolute Gasteiger partial charge is 0.351 e. The fourth-order valence-electron chi connectivity index (χ4n) is 2.35. The number of aromatic nitrogens is 2. The van der Waals surface area contributed by atoms with Gasteiger partial charge < -0.3 is 5.32 Å². The van der Waals surface area contributed by atoms with Crippen molar-refractivity contribution in [2.75, 3.05) is 5.75 Å². The molecule has 5 nitrogen and oxygen atoms in total. The van der Waals surface area contributed by atoms with Crippen molar-refractivity contribution < 1.29 is 13.6 Å². The van der Waals surface area contributed by atoms with Crippen molar-refractivity contribution in [1.82, 2.24) is 14.9 Å². The molecule has 0 aliphatic rings. The highest BCUT2D eigenvalue weighted by Crippen LogP contribution is 2.20. The van der Waals surface area contributed by atoms with Crippen molar-refractivity contribution in [3.05, 3.63) is 57.2 Å². The Balaban J connectivity index is 1.66. The second-order valence-corrected chi connectivity index (χ2v) is 7.24. The lowest BCUT2D eigenvalue weighted by molar-refractivity contribution is -0.118. The van der Waals surface area contributed by atoms with Gasteiger partial charge in [0.2, 0.25) is 5.91 Å². The van der Waals surface area contributed by atoms with Crippen molar-refractivity contribution in [3.8, 4) is 0 Å². The van der Waals surface area contributed by atoms with E-state index in [1.54, 1.807) is 11.4 Å². The number of rotatable bonds is 6. The minimum absolute atomic E-state index is 0.0326. The maximum Gasteiger partial charge on any atom is 0.272 e. The van der Waals surface area contributed by atoms with Gasteiger partial charge in [0.05, 0.1) is 11.3 Å². The van der Waals surface area contributed by atoms with Crippen LogP contribution in [0, 0.1) is 11.6 Å². The standard InChI is InChI=1S/C17H15F2N3O2S2/c1-2-22-16(24)15-13(5-6-25-15)21-17(22)26-9-14(23)20-8-10-3-4-11(18)7-12(10)19/h3-7H,2,8-9H2,1H3,(H,20,23). The number of nitrogens with one attached hydrogen (secondary N) is 1. The first kappa shape index (κ1) is 18.5. The minimum atomic E-state index is -0.706. The number of carbonyl (C=O) groups excluding carboxylic acids is 1. The molecule has 0 saturated carbocycles. The molecule has 0 unspecified atom stereocenters. The zero-order valence-electron chi connectivity index (χ0n) is 13.8. The fourth-order valence-corrected chi connectivity index (χ4v) is 4.02. The van der Waals surface area contributed by atoms with E-state index in [1.165, 1.54) is 22.0 Å². The normalized spacial score (nSPS) is 11.0. The van der Waals surface area contributed by atoms with E-state index >= 15 is 0 Å². The maximum atomic E-state index is 13.6. The van der Waals surface area contributed by atoms with E-state index in [0.717, 1.165) is 23.9 Å². The van der Waals surface area contributed by atoms with Crippen molar-refractivity contribution in [1.29, 1.82) is 0 Å². The molecule has 0 aliphatic heterocycles.